The van der Waals surface area contributed by atoms with Crippen LogP contribution in [0.2, 0.25) is 0 Å². The summed E-state index contributed by atoms with van der Waals surface area (Å²) in [5.41, 5.74) is 9.82. The number of carbonyl (C=O) groups is 2. The summed E-state index contributed by atoms with van der Waals surface area (Å²) in [5.74, 6) is -0.0420. The maximum Gasteiger partial charge on any atom is 0.407 e. The summed E-state index contributed by atoms with van der Waals surface area (Å²) in [6.45, 7) is 2.04. The summed E-state index contributed by atoms with van der Waals surface area (Å²) in [6, 6.07) is 14.8. The Morgan fingerprint density at radius 3 is 2.81 bits per heavy atom. The summed E-state index contributed by atoms with van der Waals surface area (Å²) in [5, 5.41) is 20.9. The fraction of sp³-hybridized carbons (Fsp3) is 0.214. The molecule has 0 bridgehead atoms. The lowest BCUT2D eigenvalue weighted by Gasteiger charge is -2.30. The molecule has 14 heteroatoms. The van der Waals surface area contributed by atoms with Crippen molar-refractivity contribution in [2.75, 3.05) is 36.1 Å². The van der Waals surface area contributed by atoms with E-state index in [-0.39, 0.29) is 24.7 Å². The fourth-order valence-electron chi connectivity index (χ4n) is 4.23. The molecule has 0 aliphatic carbocycles. The molecule has 1 aliphatic heterocycles. The van der Waals surface area contributed by atoms with Gasteiger partial charge in [0.2, 0.25) is 11.8 Å². The molecule has 4 aromatic rings. The van der Waals surface area contributed by atoms with Crippen molar-refractivity contribution in [1.82, 2.24) is 25.3 Å². The average molecular weight is 587 g/mol. The van der Waals surface area contributed by atoms with Gasteiger partial charge in [0.15, 0.2) is 11.2 Å². The van der Waals surface area contributed by atoms with E-state index in [9.17, 15) is 9.59 Å². The fourth-order valence-corrected chi connectivity index (χ4v) is 5.33. The number of alkyl carbamates (subject to hydrolysis) is 1. The number of H-pyrrole nitrogens is 1. The molecule has 2 aromatic heterocycles. The summed E-state index contributed by atoms with van der Waals surface area (Å²) >= 11 is 1.66. The second kappa shape index (κ2) is 12.9. The SMILES string of the molecule is N#C/C(=C\c1ccc2c(c1)SCCN2CCOC(=O)NCc1ccc(COc2nc(N)nc3[nH]cnc23)cc1)C(=O)O. The average Bonchev–Trinajstić information content (AvgIpc) is 3.46. The van der Waals surface area contributed by atoms with Gasteiger partial charge in [-0.25, -0.2) is 14.6 Å². The maximum atomic E-state index is 12.3. The number of rotatable bonds is 10. The molecule has 42 heavy (non-hydrogen) atoms. The van der Waals surface area contributed by atoms with Crippen LogP contribution in [0.4, 0.5) is 16.4 Å². The van der Waals surface area contributed by atoms with Gasteiger partial charge in [0.1, 0.15) is 24.9 Å². The van der Waals surface area contributed by atoms with Crippen LogP contribution in [-0.4, -0.2) is 62.6 Å². The number of hydrogen-bond donors (Lipinski definition) is 4. The highest BCUT2D eigenvalue weighted by Crippen LogP contribution is 2.35. The predicted molar refractivity (Wildman–Crippen MR) is 156 cm³/mol. The van der Waals surface area contributed by atoms with Gasteiger partial charge < -0.3 is 35.5 Å². The van der Waals surface area contributed by atoms with Gasteiger partial charge in [-0.3, -0.25) is 0 Å². The molecule has 0 unspecified atom stereocenters. The summed E-state index contributed by atoms with van der Waals surface area (Å²) in [7, 11) is 0. The molecule has 5 N–H and O–H groups in total. The number of carboxylic acids is 1. The number of aromatic nitrogens is 4. The molecule has 1 aliphatic rings. The predicted octanol–water partition coefficient (Wildman–Crippen LogP) is 3.34. The van der Waals surface area contributed by atoms with Crippen molar-refractivity contribution in [1.29, 1.82) is 5.26 Å². The minimum Gasteiger partial charge on any atom is -0.477 e. The highest BCUT2D eigenvalue weighted by molar-refractivity contribution is 7.99. The number of hydrogen-bond acceptors (Lipinski definition) is 11. The minimum atomic E-state index is -1.26. The third-order valence-electron chi connectivity index (χ3n) is 6.30. The van der Waals surface area contributed by atoms with E-state index in [0.717, 1.165) is 34.0 Å². The highest BCUT2D eigenvalue weighted by Gasteiger charge is 2.18. The Labute approximate surface area is 244 Å². The number of benzene rings is 2. The van der Waals surface area contributed by atoms with E-state index in [1.807, 2.05) is 36.4 Å². The summed E-state index contributed by atoms with van der Waals surface area (Å²) < 4.78 is 11.2. The molecule has 0 saturated heterocycles. The number of carboxylic acid groups (broad SMARTS) is 1. The number of nitrogens with one attached hydrogen (secondary N) is 2. The van der Waals surface area contributed by atoms with Gasteiger partial charge in [-0.15, -0.1) is 11.8 Å². The molecule has 1 amide bonds. The first-order chi connectivity index (χ1) is 20.4. The van der Waals surface area contributed by atoms with Gasteiger partial charge in [-0.1, -0.05) is 30.3 Å². The first-order valence-corrected chi connectivity index (χ1v) is 13.8. The molecule has 5 rings (SSSR count). The van der Waals surface area contributed by atoms with Crippen molar-refractivity contribution in [3.63, 3.8) is 0 Å². The van der Waals surface area contributed by atoms with Crippen LogP contribution < -0.4 is 20.7 Å². The van der Waals surface area contributed by atoms with Crippen LogP contribution in [0.1, 0.15) is 16.7 Å². The number of aliphatic carboxylic acids is 1. The Morgan fingerprint density at radius 2 is 2.02 bits per heavy atom. The van der Waals surface area contributed by atoms with E-state index in [2.05, 4.69) is 30.2 Å². The number of aromatic amines is 1. The second-order valence-corrected chi connectivity index (χ2v) is 10.3. The topological polar surface area (TPSA) is 192 Å². The zero-order chi connectivity index (χ0) is 29.5. The molecule has 13 nitrogen and oxygen atoms in total. The number of ether oxygens (including phenoxy) is 2. The molecule has 0 radical (unpaired) electrons. The number of nitrogens with two attached hydrogens (primary N) is 1. The zero-order valence-corrected chi connectivity index (χ0v) is 23.1. The number of anilines is 2. The molecule has 3 heterocycles. The van der Waals surface area contributed by atoms with Gasteiger partial charge in [-0.05, 0) is 34.9 Å². The number of thioether (sulfide) groups is 1. The Balaban J connectivity index is 1.07. The van der Waals surface area contributed by atoms with E-state index < -0.39 is 12.1 Å². The molecular formula is C28H26N8O5S. The molecule has 0 spiro atoms. The van der Waals surface area contributed by atoms with Crippen molar-refractivity contribution >= 4 is 52.7 Å². The molecule has 0 fully saturated rings. The van der Waals surface area contributed by atoms with E-state index >= 15 is 0 Å². The molecule has 214 valence electrons. The van der Waals surface area contributed by atoms with Crippen LogP contribution in [0.3, 0.4) is 0 Å². The number of imidazole rings is 1. The van der Waals surface area contributed by atoms with E-state index in [0.29, 0.717) is 35.7 Å². The van der Waals surface area contributed by atoms with Crippen molar-refractivity contribution in [3.8, 4) is 11.9 Å². The second-order valence-electron chi connectivity index (χ2n) is 9.12. The number of fused-ring (bicyclic) bond motifs is 2. The number of amides is 1. The van der Waals surface area contributed by atoms with Crippen LogP contribution in [-0.2, 0) is 22.7 Å². The van der Waals surface area contributed by atoms with Crippen LogP contribution in [0.15, 0.2) is 59.3 Å². The highest BCUT2D eigenvalue weighted by atomic mass is 32.2. The standard InChI is InChI=1S/C28H26N8O5S/c29-13-20(26(37)38)11-19-5-6-21-22(12-19)42-10-8-36(21)7-9-40-28(39)31-14-17-1-3-18(4-2-17)15-41-25-23-24(33-16-32-23)34-27(30)35-25/h1-6,11-12,16H,7-10,14-15H2,(H,31,39)(H,37,38)(H3,30,32,33,34,35)/b20-11+. The maximum absolute atomic E-state index is 12.3. The molecule has 0 atom stereocenters. The normalized spacial score (nSPS) is 12.8. The number of nitrogen functional groups attached to an aromatic ring is 1. The Kier molecular flexibility index (Phi) is 8.69. The zero-order valence-electron chi connectivity index (χ0n) is 22.2. The lowest BCUT2D eigenvalue weighted by atomic mass is 10.1. The monoisotopic (exact) mass is 586 g/mol. The van der Waals surface area contributed by atoms with E-state index in [4.69, 9.17) is 25.6 Å². The first kappa shape index (κ1) is 28.2. The lowest BCUT2D eigenvalue weighted by Crippen LogP contribution is -2.34. The quantitative estimate of drug-likeness (QED) is 0.157. The Morgan fingerprint density at radius 1 is 1.21 bits per heavy atom. The van der Waals surface area contributed by atoms with Gasteiger partial charge in [0.05, 0.1) is 18.6 Å². The van der Waals surface area contributed by atoms with Crippen molar-refractivity contribution in [2.24, 2.45) is 0 Å². The summed E-state index contributed by atoms with van der Waals surface area (Å²) in [4.78, 5) is 41.7. The molecular weight excluding hydrogens is 560 g/mol. The van der Waals surface area contributed by atoms with Crippen LogP contribution in [0.5, 0.6) is 5.88 Å². The number of nitrogens with zero attached hydrogens (tertiary/aromatic N) is 5. The van der Waals surface area contributed by atoms with Crippen molar-refractivity contribution < 1.29 is 24.2 Å². The van der Waals surface area contributed by atoms with Crippen LogP contribution in [0, 0.1) is 11.3 Å². The largest absolute Gasteiger partial charge is 0.477 e. The minimum absolute atomic E-state index is 0.0898. The number of nitriles is 1. The smallest absolute Gasteiger partial charge is 0.407 e. The van der Waals surface area contributed by atoms with Crippen LogP contribution in [0.25, 0.3) is 17.2 Å². The number of carbonyl (C=O) groups excluding carboxylic acids is 1. The van der Waals surface area contributed by atoms with Gasteiger partial charge in [0.25, 0.3) is 0 Å². The third-order valence-corrected chi connectivity index (χ3v) is 7.32. The first-order valence-electron chi connectivity index (χ1n) is 12.8. The van der Waals surface area contributed by atoms with Gasteiger partial charge in [-0.2, -0.15) is 15.2 Å². The van der Waals surface area contributed by atoms with Crippen molar-refractivity contribution in [2.45, 2.75) is 18.0 Å². The van der Waals surface area contributed by atoms with Gasteiger partial charge >= 0.3 is 12.1 Å². The molecule has 2 aromatic carbocycles. The lowest BCUT2D eigenvalue weighted by molar-refractivity contribution is -0.132. The Bertz CT molecular complexity index is 1680. The summed E-state index contributed by atoms with van der Waals surface area (Å²) in [6.07, 6.45) is 2.33. The van der Waals surface area contributed by atoms with Crippen molar-refractivity contribution in [3.05, 3.63) is 71.1 Å². The van der Waals surface area contributed by atoms with Gasteiger partial charge in [0, 0.05) is 23.7 Å². The Hall–Kier alpha value is -5.29. The molecule has 0 saturated carbocycles. The van der Waals surface area contributed by atoms with E-state index in [1.54, 1.807) is 23.9 Å². The third kappa shape index (κ3) is 6.88. The van der Waals surface area contributed by atoms with Crippen LogP contribution >= 0.6 is 11.8 Å². The van der Waals surface area contributed by atoms with E-state index in [1.165, 1.54) is 12.4 Å².